The molecule has 0 bridgehead atoms. The van der Waals surface area contributed by atoms with Gasteiger partial charge in [0.2, 0.25) is 5.75 Å². The molecule has 21 heavy (non-hydrogen) atoms. The van der Waals surface area contributed by atoms with Crippen molar-refractivity contribution in [2.75, 3.05) is 21.3 Å². The van der Waals surface area contributed by atoms with Gasteiger partial charge in [0.1, 0.15) is 6.61 Å². The van der Waals surface area contributed by atoms with Gasteiger partial charge in [-0.1, -0.05) is 6.92 Å². The van der Waals surface area contributed by atoms with Gasteiger partial charge in [0.25, 0.3) is 0 Å². The maximum absolute atomic E-state index is 11.6. The predicted octanol–water partition coefficient (Wildman–Crippen LogP) is 2.01. The molecule has 0 amide bonds. The van der Waals surface area contributed by atoms with Crippen LogP contribution in [0.15, 0.2) is 23.9 Å². The topological polar surface area (TPSA) is 80.0 Å². The first-order chi connectivity index (χ1) is 10.0. The fraction of sp³-hybridized carbons (Fsp3) is 0.400. The van der Waals surface area contributed by atoms with Gasteiger partial charge in [0.15, 0.2) is 11.5 Å². The van der Waals surface area contributed by atoms with Crippen LogP contribution in [-0.4, -0.2) is 27.3 Å². The third-order valence-electron chi connectivity index (χ3n) is 2.82. The monoisotopic (exact) mass is 295 g/mol. The molecule has 0 spiro atoms. The molecule has 116 valence electrons. The summed E-state index contributed by atoms with van der Waals surface area (Å²) in [5.41, 5.74) is 6.78. The van der Waals surface area contributed by atoms with Crippen LogP contribution < -0.4 is 19.9 Å². The second-order valence-corrected chi connectivity index (χ2v) is 4.21. The minimum absolute atomic E-state index is 0.0864. The van der Waals surface area contributed by atoms with Gasteiger partial charge < -0.3 is 24.7 Å². The molecule has 0 aliphatic carbocycles. The van der Waals surface area contributed by atoms with Crippen LogP contribution in [0.2, 0.25) is 0 Å². The van der Waals surface area contributed by atoms with Crippen LogP contribution in [0.25, 0.3) is 0 Å². The van der Waals surface area contributed by atoms with Crippen LogP contribution in [-0.2, 0) is 16.1 Å². The molecule has 0 aromatic heterocycles. The summed E-state index contributed by atoms with van der Waals surface area (Å²) in [4.78, 5) is 11.6. The van der Waals surface area contributed by atoms with Crippen molar-refractivity contribution in [2.24, 2.45) is 5.73 Å². The second-order valence-electron chi connectivity index (χ2n) is 4.21. The van der Waals surface area contributed by atoms with Crippen LogP contribution in [0.3, 0.4) is 0 Å². The fourth-order valence-corrected chi connectivity index (χ4v) is 1.67. The van der Waals surface area contributed by atoms with Gasteiger partial charge >= 0.3 is 5.97 Å². The summed E-state index contributed by atoms with van der Waals surface area (Å²) in [6.07, 6.45) is 1.87. The quantitative estimate of drug-likeness (QED) is 0.612. The fourth-order valence-electron chi connectivity index (χ4n) is 1.67. The largest absolute Gasteiger partial charge is 0.493 e. The summed E-state index contributed by atoms with van der Waals surface area (Å²) in [5, 5.41) is 0. The van der Waals surface area contributed by atoms with Gasteiger partial charge in [0.05, 0.1) is 21.3 Å². The molecule has 1 aromatic carbocycles. The van der Waals surface area contributed by atoms with Crippen LogP contribution in [0.4, 0.5) is 0 Å². The minimum atomic E-state index is -0.483. The lowest BCUT2D eigenvalue weighted by Gasteiger charge is -2.14. The number of esters is 1. The number of rotatable bonds is 7. The van der Waals surface area contributed by atoms with Crippen molar-refractivity contribution in [3.63, 3.8) is 0 Å². The highest BCUT2D eigenvalue weighted by atomic mass is 16.5. The molecule has 6 heteroatoms. The van der Waals surface area contributed by atoms with Crippen LogP contribution in [0, 0.1) is 0 Å². The Bertz CT molecular complexity index is 500. The molecule has 0 radical (unpaired) electrons. The molecule has 0 atom stereocenters. The van der Waals surface area contributed by atoms with E-state index in [1.807, 2.05) is 6.92 Å². The van der Waals surface area contributed by atoms with Crippen molar-refractivity contribution in [3.8, 4) is 17.2 Å². The van der Waals surface area contributed by atoms with E-state index in [1.165, 1.54) is 27.4 Å². The molecule has 1 rings (SSSR count). The van der Waals surface area contributed by atoms with Crippen LogP contribution in [0.5, 0.6) is 17.2 Å². The molecule has 0 aliphatic rings. The molecule has 6 nitrogen and oxygen atoms in total. The van der Waals surface area contributed by atoms with Crippen LogP contribution in [0.1, 0.15) is 18.9 Å². The summed E-state index contributed by atoms with van der Waals surface area (Å²) >= 11 is 0. The van der Waals surface area contributed by atoms with Gasteiger partial charge in [-0.3, -0.25) is 0 Å². The summed E-state index contributed by atoms with van der Waals surface area (Å²) in [6.45, 7) is 1.95. The van der Waals surface area contributed by atoms with Crippen molar-refractivity contribution in [1.82, 2.24) is 0 Å². The number of hydrogen-bond donors (Lipinski definition) is 1. The number of methoxy groups -OCH3 is 3. The maximum Gasteiger partial charge on any atom is 0.332 e. The van der Waals surface area contributed by atoms with E-state index in [2.05, 4.69) is 0 Å². The highest BCUT2D eigenvalue weighted by Crippen LogP contribution is 2.38. The predicted molar refractivity (Wildman–Crippen MR) is 78.5 cm³/mol. The Morgan fingerprint density at radius 1 is 1.14 bits per heavy atom. The number of ether oxygens (including phenoxy) is 4. The number of allylic oxidation sites excluding steroid dienone is 1. The standard InChI is InChI=1S/C15H21NO5/c1-5-11(16)8-14(17)21-9-10-6-12(18-2)15(20-4)13(7-10)19-3/h6-8H,5,9,16H2,1-4H3. The average molecular weight is 295 g/mol. The van der Waals surface area contributed by atoms with E-state index in [4.69, 9.17) is 24.7 Å². The lowest BCUT2D eigenvalue weighted by Crippen LogP contribution is -2.06. The highest BCUT2D eigenvalue weighted by Gasteiger charge is 2.13. The molecule has 1 aromatic rings. The zero-order valence-electron chi connectivity index (χ0n) is 12.8. The molecule has 0 saturated carbocycles. The third-order valence-corrected chi connectivity index (χ3v) is 2.82. The Hall–Kier alpha value is -2.37. The molecule has 0 heterocycles. The first kappa shape index (κ1) is 16.7. The molecule has 0 unspecified atom stereocenters. The van der Waals surface area contributed by atoms with E-state index in [-0.39, 0.29) is 6.61 Å². The Kier molecular flexibility index (Phi) is 6.39. The SMILES string of the molecule is CCC(N)=CC(=O)OCc1cc(OC)c(OC)c(OC)c1. The van der Waals surface area contributed by atoms with Gasteiger partial charge in [-0.25, -0.2) is 4.79 Å². The number of hydrogen-bond acceptors (Lipinski definition) is 6. The molecule has 0 saturated heterocycles. The molecular formula is C15H21NO5. The minimum Gasteiger partial charge on any atom is -0.493 e. The number of carbonyl (C=O) groups excluding carboxylic acids is 1. The van der Waals surface area contributed by atoms with E-state index >= 15 is 0 Å². The van der Waals surface area contributed by atoms with Gasteiger partial charge in [0, 0.05) is 11.8 Å². The lowest BCUT2D eigenvalue weighted by atomic mass is 10.2. The maximum atomic E-state index is 11.6. The normalized spacial score (nSPS) is 11.0. The van der Waals surface area contributed by atoms with Crippen molar-refractivity contribution in [3.05, 3.63) is 29.5 Å². The summed E-state index contributed by atoms with van der Waals surface area (Å²) in [5.74, 6) is 1.02. The smallest absolute Gasteiger partial charge is 0.332 e. The first-order valence-electron chi connectivity index (χ1n) is 6.47. The zero-order chi connectivity index (χ0) is 15.8. The van der Waals surface area contributed by atoms with Crippen molar-refractivity contribution in [1.29, 1.82) is 0 Å². The van der Waals surface area contributed by atoms with E-state index in [9.17, 15) is 4.79 Å². The van der Waals surface area contributed by atoms with Crippen molar-refractivity contribution >= 4 is 5.97 Å². The zero-order valence-corrected chi connectivity index (χ0v) is 12.8. The van der Waals surface area contributed by atoms with Gasteiger partial charge in [-0.2, -0.15) is 0 Å². The molecule has 2 N–H and O–H groups in total. The molecule has 0 aliphatic heterocycles. The Morgan fingerprint density at radius 2 is 1.71 bits per heavy atom. The Morgan fingerprint density at radius 3 is 2.14 bits per heavy atom. The Balaban J connectivity index is 2.87. The van der Waals surface area contributed by atoms with Crippen molar-refractivity contribution in [2.45, 2.75) is 20.0 Å². The number of carbonyl (C=O) groups is 1. The summed E-state index contributed by atoms with van der Waals surface area (Å²) < 4.78 is 20.8. The second kappa shape index (κ2) is 8.04. The van der Waals surface area contributed by atoms with E-state index in [0.29, 0.717) is 29.4 Å². The molecule has 0 fully saturated rings. The van der Waals surface area contributed by atoms with Crippen LogP contribution >= 0.6 is 0 Å². The van der Waals surface area contributed by atoms with Gasteiger partial charge in [-0.15, -0.1) is 0 Å². The van der Waals surface area contributed by atoms with E-state index < -0.39 is 5.97 Å². The molecular weight excluding hydrogens is 274 g/mol. The number of nitrogens with two attached hydrogens (primary N) is 1. The highest BCUT2D eigenvalue weighted by molar-refractivity contribution is 5.82. The van der Waals surface area contributed by atoms with E-state index in [0.717, 1.165) is 5.56 Å². The van der Waals surface area contributed by atoms with E-state index in [1.54, 1.807) is 12.1 Å². The third kappa shape index (κ3) is 4.59. The van der Waals surface area contributed by atoms with Gasteiger partial charge in [-0.05, 0) is 24.1 Å². The summed E-state index contributed by atoms with van der Waals surface area (Å²) in [6, 6.07) is 3.45. The Labute approximate surface area is 124 Å². The first-order valence-corrected chi connectivity index (χ1v) is 6.47. The number of benzene rings is 1. The average Bonchev–Trinajstić information content (AvgIpc) is 2.51. The summed E-state index contributed by atoms with van der Waals surface area (Å²) in [7, 11) is 4.58. The lowest BCUT2D eigenvalue weighted by molar-refractivity contribution is -0.139. The van der Waals surface area contributed by atoms with Crippen molar-refractivity contribution < 1.29 is 23.7 Å².